The maximum absolute atomic E-state index is 12.6. The van der Waals surface area contributed by atoms with Crippen molar-refractivity contribution < 1.29 is 9.59 Å². The highest BCUT2D eigenvalue weighted by atomic mass is 16.2. The third-order valence-electron chi connectivity index (χ3n) is 4.49. The minimum absolute atomic E-state index is 0.0468. The van der Waals surface area contributed by atoms with Gasteiger partial charge in [-0.2, -0.15) is 0 Å². The summed E-state index contributed by atoms with van der Waals surface area (Å²) < 4.78 is 0. The van der Waals surface area contributed by atoms with E-state index in [0.717, 1.165) is 31.5 Å². The number of hydrogen-bond acceptors (Lipinski definition) is 3. The van der Waals surface area contributed by atoms with Crippen molar-refractivity contribution in [2.24, 2.45) is 17.6 Å². The number of carbonyl (C=O) groups excluding carboxylic acids is 2. The summed E-state index contributed by atoms with van der Waals surface area (Å²) >= 11 is 0. The number of amides is 2. The Hall–Kier alpha value is -1.88. The molecule has 1 aliphatic rings. The monoisotopic (exact) mass is 331 g/mol. The molecular weight excluding hydrogens is 302 g/mol. The molecule has 1 saturated heterocycles. The lowest BCUT2D eigenvalue weighted by atomic mass is 9.96. The van der Waals surface area contributed by atoms with E-state index in [4.69, 9.17) is 5.73 Å². The van der Waals surface area contributed by atoms with E-state index in [1.165, 1.54) is 0 Å². The quantitative estimate of drug-likeness (QED) is 0.839. The second kappa shape index (κ2) is 8.83. The Balaban J connectivity index is 1.92. The van der Waals surface area contributed by atoms with Gasteiger partial charge in [-0.1, -0.05) is 26.0 Å². The summed E-state index contributed by atoms with van der Waals surface area (Å²) in [6, 6.07) is 7.54. The zero-order chi connectivity index (χ0) is 17.5. The predicted octanol–water partition coefficient (Wildman–Crippen LogP) is 2.16. The van der Waals surface area contributed by atoms with Crippen molar-refractivity contribution in [3.8, 4) is 0 Å². The van der Waals surface area contributed by atoms with Crippen LogP contribution in [0.2, 0.25) is 0 Å². The Kier molecular flexibility index (Phi) is 6.79. The Morgan fingerprint density at radius 2 is 2.00 bits per heavy atom. The molecule has 0 bridgehead atoms. The number of nitrogens with one attached hydrogen (secondary N) is 1. The van der Waals surface area contributed by atoms with E-state index in [1.807, 2.05) is 43.0 Å². The molecule has 24 heavy (non-hydrogen) atoms. The highest BCUT2D eigenvalue weighted by Crippen LogP contribution is 2.18. The molecule has 1 aromatic rings. The fraction of sp³-hybridized carbons (Fsp3) is 0.579. The van der Waals surface area contributed by atoms with Crippen molar-refractivity contribution >= 4 is 11.8 Å². The number of benzene rings is 1. The van der Waals surface area contributed by atoms with Crippen LogP contribution in [0.4, 0.5) is 0 Å². The van der Waals surface area contributed by atoms with Gasteiger partial charge in [0, 0.05) is 31.6 Å². The molecular formula is C19H29N3O2. The summed E-state index contributed by atoms with van der Waals surface area (Å²) in [6.45, 7) is 6.75. The van der Waals surface area contributed by atoms with Gasteiger partial charge in [0.15, 0.2) is 0 Å². The van der Waals surface area contributed by atoms with Crippen LogP contribution in [0.1, 0.15) is 49.0 Å². The van der Waals surface area contributed by atoms with Crippen molar-refractivity contribution in [1.82, 2.24) is 10.2 Å². The minimum Gasteiger partial charge on any atom is -0.352 e. The third kappa shape index (κ3) is 5.34. The van der Waals surface area contributed by atoms with Crippen molar-refractivity contribution in [2.45, 2.75) is 39.7 Å². The number of hydrogen-bond donors (Lipinski definition) is 2. The predicted molar refractivity (Wildman–Crippen MR) is 95.4 cm³/mol. The molecule has 0 atom stereocenters. The molecule has 3 N–H and O–H groups in total. The Morgan fingerprint density at radius 3 is 2.62 bits per heavy atom. The Labute approximate surface area is 144 Å². The average molecular weight is 331 g/mol. The standard InChI is InChI=1S/C19H29N3O2/c1-14(2)10-18(23)21-13-16-4-3-5-17(11-16)19(24)22-8-6-15(12-20)7-9-22/h3-5,11,14-15H,6-10,12-13,20H2,1-2H3,(H,21,23). The highest BCUT2D eigenvalue weighted by molar-refractivity contribution is 5.94. The number of rotatable bonds is 6. The molecule has 0 spiro atoms. The molecule has 5 nitrogen and oxygen atoms in total. The van der Waals surface area contributed by atoms with Gasteiger partial charge in [0.25, 0.3) is 5.91 Å². The maximum Gasteiger partial charge on any atom is 0.253 e. The van der Waals surface area contributed by atoms with Crippen molar-refractivity contribution in [1.29, 1.82) is 0 Å². The number of carbonyl (C=O) groups is 2. The van der Waals surface area contributed by atoms with Crippen LogP contribution in [0, 0.1) is 11.8 Å². The summed E-state index contributed by atoms with van der Waals surface area (Å²) in [6.07, 6.45) is 2.48. The molecule has 132 valence electrons. The fourth-order valence-corrected chi connectivity index (χ4v) is 3.01. The van der Waals surface area contributed by atoms with Crippen LogP contribution in [0.3, 0.4) is 0 Å². The van der Waals surface area contributed by atoms with E-state index >= 15 is 0 Å². The maximum atomic E-state index is 12.6. The second-order valence-corrected chi connectivity index (χ2v) is 7.05. The first-order valence-corrected chi connectivity index (χ1v) is 8.84. The van der Waals surface area contributed by atoms with Crippen LogP contribution >= 0.6 is 0 Å². The third-order valence-corrected chi connectivity index (χ3v) is 4.49. The van der Waals surface area contributed by atoms with E-state index in [9.17, 15) is 9.59 Å². The van der Waals surface area contributed by atoms with Crippen LogP contribution in [0.15, 0.2) is 24.3 Å². The van der Waals surface area contributed by atoms with E-state index in [0.29, 0.717) is 36.9 Å². The molecule has 0 aromatic heterocycles. The number of likely N-dealkylation sites (tertiary alicyclic amines) is 1. The van der Waals surface area contributed by atoms with Crippen LogP contribution < -0.4 is 11.1 Å². The van der Waals surface area contributed by atoms with Gasteiger partial charge < -0.3 is 16.0 Å². The first-order valence-electron chi connectivity index (χ1n) is 8.84. The average Bonchev–Trinajstić information content (AvgIpc) is 2.59. The van der Waals surface area contributed by atoms with Gasteiger partial charge in [-0.05, 0) is 48.9 Å². The van der Waals surface area contributed by atoms with E-state index < -0.39 is 0 Å². The van der Waals surface area contributed by atoms with Crippen LogP contribution in [0.5, 0.6) is 0 Å². The lowest BCUT2D eigenvalue weighted by molar-refractivity contribution is -0.121. The zero-order valence-electron chi connectivity index (χ0n) is 14.8. The van der Waals surface area contributed by atoms with Gasteiger partial charge >= 0.3 is 0 Å². The molecule has 1 fully saturated rings. The summed E-state index contributed by atoms with van der Waals surface area (Å²) in [5.74, 6) is 0.998. The SMILES string of the molecule is CC(C)CC(=O)NCc1cccc(C(=O)N2CCC(CN)CC2)c1. The molecule has 2 rings (SSSR count). The van der Waals surface area contributed by atoms with Gasteiger partial charge in [-0.15, -0.1) is 0 Å². The Bertz CT molecular complexity index is 563. The second-order valence-electron chi connectivity index (χ2n) is 7.05. The lowest BCUT2D eigenvalue weighted by Crippen LogP contribution is -2.40. The zero-order valence-corrected chi connectivity index (χ0v) is 14.8. The molecule has 0 unspecified atom stereocenters. The first-order chi connectivity index (χ1) is 11.5. The van der Waals surface area contributed by atoms with E-state index in [2.05, 4.69) is 5.32 Å². The number of nitrogens with two attached hydrogens (primary N) is 1. The molecule has 5 heteroatoms. The van der Waals surface area contributed by atoms with Crippen molar-refractivity contribution in [2.75, 3.05) is 19.6 Å². The molecule has 1 aromatic carbocycles. The van der Waals surface area contributed by atoms with E-state index in [1.54, 1.807) is 0 Å². The van der Waals surface area contributed by atoms with Crippen LogP contribution in [-0.2, 0) is 11.3 Å². The Morgan fingerprint density at radius 1 is 1.29 bits per heavy atom. The number of piperidine rings is 1. The van der Waals surface area contributed by atoms with Crippen LogP contribution in [-0.4, -0.2) is 36.3 Å². The molecule has 1 aliphatic heterocycles. The molecule has 0 saturated carbocycles. The van der Waals surface area contributed by atoms with Crippen LogP contribution in [0.25, 0.3) is 0 Å². The first kappa shape index (κ1) is 18.5. The summed E-state index contributed by atoms with van der Waals surface area (Å²) in [7, 11) is 0. The normalized spacial score (nSPS) is 15.6. The van der Waals surface area contributed by atoms with Gasteiger partial charge in [0.1, 0.15) is 0 Å². The molecule has 2 amide bonds. The largest absolute Gasteiger partial charge is 0.352 e. The van der Waals surface area contributed by atoms with Gasteiger partial charge in [0.2, 0.25) is 5.91 Å². The summed E-state index contributed by atoms with van der Waals surface area (Å²) in [4.78, 5) is 26.3. The minimum atomic E-state index is 0.0468. The van der Waals surface area contributed by atoms with Crippen molar-refractivity contribution in [3.05, 3.63) is 35.4 Å². The topological polar surface area (TPSA) is 75.4 Å². The smallest absolute Gasteiger partial charge is 0.253 e. The van der Waals surface area contributed by atoms with Crippen molar-refractivity contribution in [3.63, 3.8) is 0 Å². The van der Waals surface area contributed by atoms with Gasteiger partial charge in [-0.3, -0.25) is 9.59 Å². The van der Waals surface area contributed by atoms with E-state index in [-0.39, 0.29) is 11.8 Å². The highest BCUT2D eigenvalue weighted by Gasteiger charge is 2.22. The molecule has 0 radical (unpaired) electrons. The number of nitrogens with zero attached hydrogens (tertiary/aromatic N) is 1. The van der Waals surface area contributed by atoms with Gasteiger partial charge in [0.05, 0.1) is 0 Å². The summed E-state index contributed by atoms with van der Waals surface area (Å²) in [5.41, 5.74) is 7.35. The van der Waals surface area contributed by atoms with Gasteiger partial charge in [-0.25, -0.2) is 0 Å². The lowest BCUT2D eigenvalue weighted by Gasteiger charge is -2.31. The summed E-state index contributed by atoms with van der Waals surface area (Å²) in [5, 5.41) is 2.91. The fourth-order valence-electron chi connectivity index (χ4n) is 3.01. The molecule has 1 heterocycles. The molecule has 0 aliphatic carbocycles.